The topological polar surface area (TPSA) is 40.6 Å². The predicted octanol–water partition coefficient (Wildman–Crippen LogP) is 1.82. The molecule has 1 heterocycles. The summed E-state index contributed by atoms with van der Waals surface area (Å²) in [4.78, 5) is 2.56. The Morgan fingerprint density at radius 3 is 2.16 bits per heavy atom. The zero-order valence-electron chi connectivity index (χ0n) is 11.8. The molecule has 0 aromatic rings. The first-order chi connectivity index (χ1) is 9.18. The first-order valence-electron chi connectivity index (χ1n) is 7.91. The zero-order chi connectivity index (χ0) is 13.3. The molecule has 19 heavy (non-hydrogen) atoms. The van der Waals surface area contributed by atoms with E-state index in [-0.39, 0.29) is 5.25 Å². The Morgan fingerprint density at radius 1 is 0.737 bits per heavy atom. The highest BCUT2D eigenvalue weighted by molar-refractivity contribution is 7.90. The molecule has 2 saturated carbocycles. The van der Waals surface area contributed by atoms with Crippen LogP contribution in [0.5, 0.6) is 0 Å². The Kier molecular flexibility index (Phi) is 4.15. The molecule has 0 atom stereocenters. The molecule has 0 aromatic heterocycles. The summed E-state index contributed by atoms with van der Waals surface area (Å²) in [5.41, 5.74) is 0. The lowest BCUT2D eigenvalue weighted by Crippen LogP contribution is -2.41. The van der Waals surface area contributed by atoms with Crippen LogP contribution in [-0.2, 0) is 10.0 Å². The van der Waals surface area contributed by atoms with Gasteiger partial charge in [0.2, 0.25) is 10.0 Å². The molecule has 1 saturated heterocycles. The van der Waals surface area contributed by atoms with Gasteiger partial charge >= 0.3 is 0 Å². The van der Waals surface area contributed by atoms with E-state index in [1.807, 2.05) is 0 Å². The van der Waals surface area contributed by atoms with Crippen molar-refractivity contribution in [1.82, 2.24) is 9.21 Å². The van der Waals surface area contributed by atoms with Gasteiger partial charge in [0.1, 0.15) is 0 Å². The maximum Gasteiger partial charge on any atom is 0.217 e. The van der Waals surface area contributed by atoms with Gasteiger partial charge < -0.3 is 0 Å². The molecule has 0 aromatic carbocycles. The summed E-state index contributed by atoms with van der Waals surface area (Å²) in [5, 5.41) is -0.0475. The summed E-state index contributed by atoms with van der Waals surface area (Å²) in [6, 6.07) is 0.720. The summed E-state index contributed by atoms with van der Waals surface area (Å²) in [7, 11) is -2.96. The SMILES string of the molecule is O=S(=O)(C1CC1)N1CCCN(C2CCCCC2)CC1. The third-order valence-electron chi connectivity index (χ3n) is 4.89. The maximum absolute atomic E-state index is 12.3. The van der Waals surface area contributed by atoms with Gasteiger partial charge in [0.05, 0.1) is 5.25 Å². The summed E-state index contributed by atoms with van der Waals surface area (Å²) in [6.45, 7) is 3.48. The fraction of sp³-hybridized carbons (Fsp3) is 1.00. The summed E-state index contributed by atoms with van der Waals surface area (Å²) < 4.78 is 26.4. The van der Waals surface area contributed by atoms with Crippen molar-refractivity contribution in [3.63, 3.8) is 0 Å². The van der Waals surface area contributed by atoms with Gasteiger partial charge in [0, 0.05) is 25.7 Å². The van der Waals surface area contributed by atoms with Crippen LogP contribution in [0.2, 0.25) is 0 Å². The maximum atomic E-state index is 12.3. The van der Waals surface area contributed by atoms with E-state index >= 15 is 0 Å². The Bertz CT molecular complexity index is 400. The second-order valence-electron chi connectivity index (χ2n) is 6.32. The molecular formula is C14H26N2O2S. The second kappa shape index (κ2) is 5.70. The van der Waals surface area contributed by atoms with Gasteiger partial charge in [0.15, 0.2) is 0 Å². The van der Waals surface area contributed by atoms with E-state index in [1.165, 1.54) is 32.1 Å². The standard InChI is InChI=1S/C14H26N2O2S/c17-19(18,14-7-8-14)16-10-4-9-15(11-12-16)13-5-2-1-3-6-13/h13-14H,1-12H2. The van der Waals surface area contributed by atoms with Crippen LogP contribution in [0.1, 0.15) is 51.4 Å². The molecule has 2 aliphatic carbocycles. The van der Waals surface area contributed by atoms with Crippen LogP contribution in [0.15, 0.2) is 0 Å². The van der Waals surface area contributed by atoms with E-state index in [1.54, 1.807) is 4.31 Å². The van der Waals surface area contributed by atoms with Crippen LogP contribution in [-0.4, -0.2) is 55.1 Å². The minimum Gasteiger partial charge on any atom is -0.299 e. The first-order valence-corrected chi connectivity index (χ1v) is 9.41. The monoisotopic (exact) mass is 286 g/mol. The van der Waals surface area contributed by atoms with E-state index < -0.39 is 10.0 Å². The van der Waals surface area contributed by atoms with E-state index in [2.05, 4.69) is 4.90 Å². The van der Waals surface area contributed by atoms with Gasteiger partial charge in [-0.3, -0.25) is 4.90 Å². The molecule has 0 amide bonds. The van der Waals surface area contributed by atoms with Gasteiger partial charge in [-0.25, -0.2) is 12.7 Å². The fourth-order valence-electron chi connectivity index (χ4n) is 3.56. The van der Waals surface area contributed by atoms with Crippen molar-refractivity contribution >= 4 is 10.0 Å². The van der Waals surface area contributed by atoms with Gasteiger partial charge in [-0.1, -0.05) is 19.3 Å². The number of nitrogens with zero attached hydrogens (tertiary/aromatic N) is 2. The van der Waals surface area contributed by atoms with Crippen LogP contribution in [0.3, 0.4) is 0 Å². The van der Waals surface area contributed by atoms with Crippen molar-refractivity contribution in [2.45, 2.75) is 62.7 Å². The molecular weight excluding hydrogens is 260 g/mol. The lowest BCUT2D eigenvalue weighted by molar-refractivity contribution is 0.164. The Morgan fingerprint density at radius 2 is 1.47 bits per heavy atom. The fourth-order valence-corrected chi connectivity index (χ4v) is 5.43. The molecule has 110 valence electrons. The third kappa shape index (κ3) is 3.14. The Labute approximate surface area is 117 Å². The molecule has 4 nitrogen and oxygen atoms in total. The van der Waals surface area contributed by atoms with Gasteiger partial charge in [-0.15, -0.1) is 0 Å². The highest BCUT2D eigenvalue weighted by atomic mass is 32.2. The minimum absolute atomic E-state index is 0.0475. The largest absolute Gasteiger partial charge is 0.299 e. The summed E-state index contributed by atoms with van der Waals surface area (Å²) in [6.07, 6.45) is 9.48. The number of hydrogen-bond acceptors (Lipinski definition) is 3. The smallest absolute Gasteiger partial charge is 0.217 e. The van der Waals surface area contributed by atoms with Crippen molar-refractivity contribution < 1.29 is 8.42 Å². The lowest BCUT2D eigenvalue weighted by atomic mass is 9.94. The minimum atomic E-state index is -2.96. The van der Waals surface area contributed by atoms with Crippen LogP contribution >= 0.6 is 0 Å². The Balaban J connectivity index is 1.59. The van der Waals surface area contributed by atoms with Crippen LogP contribution in [0.25, 0.3) is 0 Å². The molecule has 3 aliphatic rings. The molecule has 3 fully saturated rings. The molecule has 3 rings (SSSR count). The normalized spacial score (nSPS) is 29.3. The molecule has 0 N–H and O–H groups in total. The zero-order valence-corrected chi connectivity index (χ0v) is 12.6. The van der Waals surface area contributed by atoms with E-state index in [4.69, 9.17) is 0 Å². The van der Waals surface area contributed by atoms with E-state index in [0.717, 1.165) is 51.5 Å². The molecule has 0 radical (unpaired) electrons. The van der Waals surface area contributed by atoms with Gasteiger partial charge in [0.25, 0.3) is 0 Å². The second-order valence-corrected chi connectivity index (χ2v) is 8.54. The van der Waals surface area contributed by atoms with Crippen LogP contribution in [0.4, 0.5) is 0 Å². The van der Waals surface area contributed by atoms with Crippen molar-refractivity contribution in [1.29, 1.82) is 0 Å². The van der Waals surface area contributed by atoms with Crippen molar-refractivity contribution in [3.05, 3.63) is 0 Å². The average molecular weight is 286 g/mol. The lowest BCUT2D eigenvalue weighted by Gasteiger charge is -2.33. The third-order valence-corrected chi connectivity index (χ3v) is 7.28. The van der Waals surface area contributed by atoms with Crippen molar-refractivity contribution in [2.75, 3.05) is 26.2 Å². The quantitative estimate of drug-likeness (QED) is 0.794. The molecule has 0 bridgehead atoms. The highest BCUT2D eigenvalue weighted by Crippen LogP contribution is 2.32. The number of hydrogen-bond donors (Lipinski definition) is 0. The molecule has 0 unspecified atom stereocenters. The van der Waals surface area contributed by atoms with E-state index in [0.29, 0.717) is 0 Å². The summed E-state index contributed by atoms with van der Waals surface area (Å²) >= 11 is 0. The molecule has 1 aliphatic heterocycles. The number of rotatable bonds is 3. The Hall–Kier alpha value is -0.130. The first kappa shape index (κ1) is 13.8. The molecule has 0 spiro atoms. The van der Waals surface area contributed by atoms with Crippen molar-refractivity contribution in [3.8, 4) is 0 Å². The van der Waals surface area contributed by atoms with Gasteiger partial charge in [-0.05, 0) is 38.6 Å². The van der Waals surface area contributed by atoms with Crippen molar-refractivity contribution in [2.24, 2.45) is 0 Å². The van der Waals surface area contributed by atoms with Crippen LogP contribution < -0.4 is 0 Å². The molecule has 5 heteroatoms. The summed E-state index contributed by atoms with van der Waals surface area (Å²) in [5.74, 6) is 0. The number of sulfonamides is 1. The highest BCUT2D eigenvalue weighted by Gasteiger charge is 2.40. The van der Waals surface area contributed by atoms with Crippen LogP contribution in [0, 0.1) is 0 Å². The van der Waals surface area contributed by atoms with E-state index in [9.17, 15) is 8.42 Å². The average Bonchev–Trinajstić information content (AvgIpc) is 3.26. The van der Waals surface area contributed by atoms with Gasteiger partial charge in [-0.2, -0.15) is 0 Å². The predicted molar refractivity (Wildman–Crippen MR) is 76.6 cm³/mol.